The van der Waals surface area contributed by atoms with Crippen molar-refractivity contribution in [1.29, 1.82) is 0 Å². The quantitative estimate of drug-likeness (QED) is 0.555. The second kappa shape index (κ2) is 9.04. The van der Waals surface area contributed by atoms with Gasteiger partial charge < -0.3 is 20.1 Å². The fourth-order valence-corrected chi connectivity index (χ4v) is 1.58. The lowest BCUT2D eigenvalue weighted by molar-refractivity contribution is 0.161. The highest BCUT2D eigenvalue weighted by atomic mass is 16.5. The summed E-state index contributed by atoms with van der Waals surface area (Å²) in [4.78, 5) is 2.23. The van der Waals surface area contributed by atoms with Crippen molar-refractivity contribution in [2.75, 3.05) is 47.0 Å². The first kappa shape index (κ1) is 15.1. The summed E-state index contributed by atoms with van der Waals surface area (Å²) in [5.41, 5.74) is 1.14. The summed E-state index contributed by atoms with van der Waals surface area (Å²) in [6, 6.07) is 0. The van der Waals surface area contributed by atoms with E-state index in [0.29, 0.717) is 6.54 Å². The molecular formula is C12H24N4O2. The molecule has 0 aliphatic carbocycles. The lowest BCUT2D eigenvalue weighted by atomic mass is 10.3. The minimum absolute atomic E-state index is 0.124. The fourth-order valence-electron chi connectivity index (χ4n) is 1.58. The number of likely N-dealkylation sites (N-methyl/N-ethyl adjacent to an activating group) is 1. The highest BCUT2D eigenvalue weighted by Crippen LogP contribution is 1.96. The van der Waals surface area contributed by atoms with E-state index >= 15 is 0 Å². The number of hydrogen-bond acceptors (Lipinski definition) is 5. The van der Waals surface area contributed by atoms with Crippen LogP contribution in [-0.2, 0) is 17.8 Å². The largest absolute Gasteiger partial charge is 0.394 e. The monoisotopic (exact) mass is 256 g/mol. The van der Waals surface area contributed by atoms with Crippen LogP contribution in [0.3, 0.4) is 0 Å². The van der Waals surface area contributed by atoms with E-state index in [1.54, 1.807) is 11.8 Å². The molecule has 1 aromatic heterocycles. The number of aromatic nitrogens is 2. The van der Waals surface area contributed by atoms with Crippen molar-refractivity contribution in [3.8, 4) is 0 Å². The first-order chi connectivity index (χ1) is 8.76. The summed E-state index contributed by atoms with van der Waals surface area (Å²) in [7, 11) is 3.80. The molecule has 0 bridgehead atoms. The van der Waals surface area contributed by atoms with Gasteiger partial charge in [0.1, 0.15) is 0 Å². The fraction of sp³-hybridized carbons (Fsp3) is 0.750. The van der Waals surface area contributed by atoms with Crippen molar-refractivity contribution in [1.82, 2.24) is 20.0 Å². The number of nitrogens with one attached hydrogen (secondary N) is 1. The van der Waals surface area contributed by atoms with E-state index in [0.717, 1.165) is 38.3 Å². The molecule has 0 fully saturated rings. The average Bonchev–Trinajstić information content (AvgIpc) is 2.80. The van der Waals surface area contributed by atoms with Gasteiger partial charge >= 0.3 is 0 Å². The minimum Gasteiger partial charge on any atom is -0.394 e. The molecule has 6 heteroatoms. The van der Waals surface area contributed by atoms with E-state index in [4.69, 9.17) is 9.84 Å². The molecule has 0 unspecified atom stereocenters. The zero-order valence-electron chi connectivity index (χ0n) is 11.3. The van der Waals surface area contributed by atoms with Crippen LogP contribution in [0.25, 0.3) is 0 Å². The van der Waals surface area contributed by atoms with E-state index in [9.17, 15) is 0 Å². The molecule has 0 spiro atoms. The predicted molar refractivity (Wildman–Crippen MR) is 70.4 cm³/mol. The molecule has 1 heterocycles. The number of rotatable bonds is 10. The van der Waals surface area contributed by atoms with Gasteiger partial charge in [0, 0.05) is 45.0 Å². The average molecular weight is 256 g/mol. The van der Waals surface area contributed by atoms with Gasteiger partial charge in [-0.1, -0.05) is 0 Å². The van der Waals surface area contributed by atoms with Crippen molar-refractivity contribution in [2.45, 2.75) is 13.1 Å². The van der Waals surface area contributed by atoms with Gasteiger partial charge in [-0.15, -0.1) is 0 Å². The molecule has 0 aliphatic rings. The van der Waals surface area contributed by atoms with Crippen molar-refractivity contribution in [3.63, 3.8) is 0 Å². The molecule has 18 heavy (non-hydrogen) atoms. The Morgan fingerprint density at radius 2 is 2.33 bits per heavy atom. The highest BCUT2D eigenvalue weighted by Gasteiger charge is 1.99. The van der Waals surface area contributed by atoms with Crippen LogP contribution in [0, 0.1) is 0 Å². The van der Waals surface area contributed by atoms with Crippen LogP contribution in [0.5, 0.6) is 0 Å². The van der Waals surface area contributed by atoms with E-state index in [1.165, 1.54) is 0 Å². The summed E-state index contributed by atoms with van der Waals surface area (Å²) in [5.74, 6) is 0. The van der Waals surface area contributed by atoms with Gasteiger partial charge in [0.25, 0.3) is 0 Å². The summed E-state index contributed by atoms with van der Waals surface area (Å²) >= 11 is 0. The topological polar surface area (TPSA) is 62.5 Å². The number of ether oxygens (including phenoxy) is 1. The molecule has 0 saturated carbocycles. The van der Waals surface area contributed by atoms with E-state index in [1.807, 2.05) is 12.4 Å². The van der Waals surface area contributed by atoms with Crippen LogP contribution < -0.4 is 5.32 Å². The Morgan fingerprint density at radius 1 is 1.50 bits per heavy atom. The molecule has 0 aliphatic heterocycles. The third-order valence-corrected chi connectivity index (χ3v) is 2.69. The minimum atomic E-state index is 0.124. The van der Waals surface area contributed by atoms with Crippen LogP contribution in [0.1, 0.15) is 5.56 Å². The van der Waals surface area contributed by atoms with Crippen molar-refractivity contribution in [2.24, 2.45) is 0 Å². The van der Waals surface area contributed by atoms with Gasteiger partial charge in [-0.2, -0.15) is 5.10 Å². The second-order valence-electron chi connectivity index (χ2n) is 4.31. The third-order valence-electron chi connectivity index (χ3n) is 2.69. The van der Waals surface area contributed by atoms with Crippen molar-refractivity contribution in [3.05, 3.63) is 18.0 Å². The molecule has 0 atom stereocenters. The van der Waals surface area contributed by atoms with Gasteiger partial charge in [0.05, 0.1) is 26.0 Å². The molecule has 0 aromatic carbocycles. The maximum atomic E-state index is 8.78. The molecule has 6 nitrogen and oxygen atoms in total. The van der Waals surface area contributed by atoms with E-state index in [-0.39, 0.29) is 6.61 Å². The van der Waals surface area contributed by atoms with Crippen LogP contribution in [0.4, 0.5) is 0 Å². The zero-order chi connectivity index (χ0) is 13.2. The Labute approximate surface area is 109 Å². The van der Waals surface area contributed by atoms with Gasteiger partial charge in [0.15, 0.2) is 0 Å². The smallest absolute Gasteiger partial charge is 0.0640 e. The summed E-state index contributed by atoms with van der Waals surface area (Å²) in [6.45, 7) is 5.14. The Balaban J connectivity index is 2.09. The summed E-state index contributed by atoms with van der Waals surface area (Å²) < 4.78 is 6.77. The molecule has 0 amide bonds. The first-order valence-corrected chi connectivity index (χ1v) is 6.26. The highest BCUT2D eigenvalue weighted by molar-refractivity contribution is 5.03. The standard InChI is InChI=1S/C12H24N4O2/c1-15(6-8-18-2)4-3-13-9-12-10-14-16(11-12)5-7-17/h10-11,13,17H,3-9H2,1-2H3. The molecular weight excluding hydrogens is 232 g/mol. The molecule has 0 saturated heterocycles. The van der Waals surface area contributed by atoms with Crippen molar-refractivity contribution < 1.29 is 9.84 Å². The molecule has 2 N–H and O–H groups in total. The van der Waals surface area contributed by atoms with Gasteiger partial charge in [0.2, 0.25) is 0 Å². The van der Waals surface area contributed by atoms with E-state index in [2.05, 4.69) is 22.4 Å². The maximum Gasteiger partial charge on any atom is 0.0640 e. The SMILES string of the molecule is COCCN(C)CCNCc1cnn(CCO)c1. The summed E-state index contributed by atoms with van der Waals surface area (Å²) in [5, 5.41) is 16.3. The first-order valence-electron chi connectivity index (χ1n) is 6.26. The summed E-state index contributed by atoms with van der Waals surface area (Å²) in [6.07, 6.45) is 3.79. The van der Waals surface area contributed by atoms with Crippen LogP contribution >= 0.6 is 0 Å². The molecule has 1 aromatic rings. The Kier molecular flexibility index (Phi) is 7.59. The third kappa shape index (κ3) is 6.11. The number of methoxy groups -OCH3 is 1. The Bertz CT molecular complexity index is 317. The lowest BCUT2D eigenvalue weighted by Gasteiger charge is -2.15. The van der Waals surface area contributed by atoms with Gasteiger partial charge in [-0.25, -0.2) is 0 Å². The number of aliphatic hydroxyl groups excluding tert-OH is 1. The normalized spacial score (nSPS) is 11.3. The molecule has 1 rings (SSSR count). The van der Waals surface area contributed by atoms with Crippen molar-refractivity contribution >= 4 is 0 Å². The number of aliphatic hydroxyl groups is 1. The van der Waals surface area contributed by atoms with E-state index < -0.39 is 0 Å². The van der Waals surface area contributed by atoms with Crippen LogP contribution in [-0.4, -0.2) is 66.8 Å². The van der Waals surface area contributed by atoms with Gasteiger partial charge in [-0.3, -0.25) is 4.68 Å². The maximum absolute atomic E-state index is 8.78. The lowest BCUT2D eigenvalue weighted by Crippen LogP contribution is -2.31. The molecule has 0 radical (unpaired) electrons. The van der Waals surface area contributed by atoms with Gasteiger partial charge in [-0.05, 0) is 7.05 Å². The number of nitrogens with zero attached hydrogens (tertiary/aromatic N) is 3. The molecule has 104 valence electrons. The second-order valence-corrected chi connectivity index (χ2v) is 4.31. The zero-order valence-corrected chi connectivity index (χ0v) is 11.3. The predicted octanol–water partition coefficient (Wildman–Crippen LogP) is -0.457. The number of hydrogen-bond donors (Lipinski definition) is 2. The Morgan fingerprint density at radius 3 is 3.06 bits per heavy atom. The van der Waals surface area contributed by atoms with Crippen LogP contribution in [0.2, 0.25) is 0 Å². The van der Waals surface area contributed by atoms with Crippen LogP contribution in [0.15, 0.2) is 12.4 Å². The Hall–Kier alpha value is -0.950.